The van der Waals surface area contributed by atoms with Crippen molar-refractivity contribution < 1.29 is 27.5 Å². The van der Waals surface area contributed by atoms with E-state index in [1.165, 1.54) is 0 Å². The second-order valence-corrected chi connectivity index (χ2v) is 2.72. The summed E-state index contributed by atoms with van der Waals surface area (Å²) in [4.78, 5) is 23.3. The largest absolute Gasteiger partial charge is 0.451 e. The molecule has 0 bridgehead atoms. The standard InChI is InChI=1S/C9H12F3NO3/c1-3-13(4-2)8(14)9(15)16-5-6(10)7(11)12/h3-5H2,1-2H3. The molecule has 16 heavy (non-hydrogen) atoms. The van der Waals surface area contributed by atoms with Crippen LogP contribution in [0.25, 0.3) is 0 Å². The Labute approximate surface area is 90.7 Å². The van der Waals surface area contributed by atoms with E-state index in [-0.39, 0.29) is 13.1 Å². The van der Waals surface area contributed by atoms with Crippen molar-refractivity contribution in [3.63, 3.8) is 0 Å². The molecule has 0 saturated heterocycles. The predicted octanol–water partition coefficient (Wildman–Crippen LogP) is 1.48. The summed E-state index contributed by atoms with van der Waals surface area (Å²) in [6, 6.07) is 0. The monoisotopic (exact) mass is 239 g/mol. The fourth-order valence-electron chi connectivity index (χ4n) is 0.885. The first-order valence-corrected chi connectivity index (χ1v) is 4.59. The number of rotatable bonds is 4. The fraction of sp³-hybridized carbons (Fsp3) is 0.556. The molecule has 0 atom stereocenters. The highest BCUT2D eigenvalue weighted by Crippen LogP contribution is 2.09. The van der Waals surface area contributed by atoms with Crippen LogP contribution in [0.3, 0.4) is 0 Å². The number of likely N-dealkylation sites (N-methyl/N-ethyl adjacent to an activating group) is 1. The van der Waals surface area contributed by atoms with Gasteiger partial charge in [-0.3, -0.25) is 4.79 Å². The minimum Gasteiger partial charge on any atom is -0.451 e. The summed E-state index contributed by atoms with van der Waals surface area (Å²) >= 11 is 0. The molecular formula is C9H12F3NO3. The minimum absolute atomic E-state index is 0.278. The van der Waals surface area contributed by atoms with Gasteiger partial charge < -0.3 is 9.64 Å². The Bertz CT molecular complexity index is 296. The molecule has 0 aromatic carbocycles. The molecule has 1 amide bonds. The van der Waals surface area contributed by atoms with Crippen LogP contribution in [-0.4, -0.2) is 36.5 Å². The van der Waals surface area contributed by atoms with Crippen LogP contribution in [0.15, 0.2) is 11.9 Å². The molecule has 4 nitrogen and oxygen atoms in total. The molecule has 0 spiro atoms. The van der Waals surface area contributed by atoms with Crippen LogP contribution in [-0.2, 0) is 14.3 Å². The van der Waals surface area contributed by atoms with Gasteiger partial charge in [-0.25, -0.2) is 9.18 Å². The highest BCUT2D eigenvalue weighted by atomic mass is 19.3. The molecule has 0 aliphatic heterocycles. The number of carbonyl (C=O) groups excluding carboxylic acids is 2. The Hall–Kier alpha value is -1.53. The van der Waals surface area contributed by atoms with Crippen LogP contribution in [0.5, 0.6) is 0 Å². The lowest BCUT2D eigenvalue weighted by molar-refractivity contribution is -0.159. The third kappa shape index (κ3) is 4.33. The number of halogens is 3. The quantitative estimate of drug-likeness (QED) is 0.551. The highest BCUT2D eigenvalue weighted by molar-refractivity contribution is 6.32. The van der Waals surface area contributed by atoms with Crippen LogP contribution in [0, 0.1) is 0 Å². The van der Waals surface area contributed by atoms with Crippen molar-refractivity contribution >= 4 is 11.9 Å². The molecule has 0 aliphatic rings. The molecule has 0 aliphatic carbocycles. The molecule has 0 fully saturated rings. The van der Waals surface area contributed by atoms with Crippen molar-refractivity contribution in [3.05, 3.63) is 11.9 Å². The van der Waals surface area contributed by atoms with Crippen LogP contribution in [0.2, 0.25) is 0 Å². The Morgan fingerprint density at radius 1 is 1.12 bits per heavy atom. The highest BCUT2D eigenvalue weighted by Gasteiger charge is 2.21. The lowest BCUT2D eigenvalue weighted by Gasteiger charge is -2.16. The number of carbonyl (C=O) groups is 2. The minimum atomic E-state index is -2.57. The van der Waals surface area contributed by atoms with Gasteiger partial charge in [0.2, 0.25) is 5.83 Å². The Morgan fingerprint density at radius 3 is 2.00 bits per heavy atom. The first-order chi connectivity index (χ1) is 7.43. The Morgan fingerprint density at radius 2 is 1.62 bits per heavy atom. The van der Waals surface area contributed by atoms with Gasteiger partial charge in [0, 0.05) is 13.1 Å². The van der Waals surface area contributed by atoms with Gasteiger partial charge in [-0.1, -0.05) is 0 Å². The van der Waals surface area contributed by atoms with E-state index in [2.05, 4.69) is 4.74 Å². The second kappa shape index (κ2) is 6.86. The maximum Gasteiger partial charge on any atom is 0.397 e. The number of amides is 1. The lowest BCUT2D eigenvalue weighted by atomic mass is 10.4. The summed E-state index contributed by atoms with van der Waals surface area (Å²) in [6.45, 7) is 2.60. The molecule has 0 saturated carbocycles. The normalized spacial score (nSPS) is 9.56. The average molecular weight is 239 g/mol. The van der Waals surface area contributed by atoms with Gasteiger partial charge in [-0.15, -0.1) is 0 Å². The zero-order valence-corrected chi connectivity index (χ0v) is 8.93. The van der Waals surface area contributed by atoms with Crippen molar-refractivity contribution in [2.45, 2.75) is 13.8 Å². The second-order valence-electron chi connectivity index (χ2n) is 2.72. The molecule has 0 radical (unpaired) electrons. The van der Waals surface area contributed by atoms with E-state index in [0.717, 1.165) is 4.90 Å². The van der Waals surface area contributed by atoms with Gasteiger partial charge >= 0.3 is 18.0 Å². The van der Waals surface area contributed by atoms with Crippen molar-refractivity contribution in [1.29, 1.82) is 0 Å². The number of ether oxygens (including phenoxy) is 1. The molecule has 0 N–H and O–H groups in total. The number of hydrogen-bond acceptors (Lipinski definition) is 3. The summed E-state index contributed by atoms with van der Waals surface area (Å²) in [7, 11) is 0. The van der Waals surface area contributed by atoms with Crippen LogP contribution < -0.4 is 0 Å². The van der Waals surface area contributed by atoms with E-state index in [4.69, 9.17) is 0 Å². The lowest BCUT2D eigenvalue weighted by Crippen LogP contribution is -2.37. The van der Waals surface area contributed by atoms with E-state index in [1.54, 1.807) is 13.8 Å². The van der Waals surface area contributed by atoms with E-state index in [9.17, 15) is 22.8 Å². The molecule has 0 heterocycles. The molecule has 0 rings (SSSR count). The zero-order valence-electron chi connectivity index (χ0n) is 8.93. The molecule has 7 heteroatoms. The molecule has 0 unspecified atom stereocenters. The molecular weight excluding hydrogens is 227 g/mol. The summed E-state index contributed by atoms with van der Waals surface area (Å²) in [6.07, 6.45) is -2.57. The van der Waals surface area contributed by atoms with Crippen molar-refractivity contribution in [3.8, 4) is 0 Å². The third-order valence-electron chi connectivity index (χ3n) is 1.76. The van der Waals surface area contributed by atoms with Crippen LogP contribution >= 0.6 is 0 Å². The molecule has 0 aromatic heterocycles. The average Bonchev–Trinajstić information content (AvgIpc) is 2.26. The SMILES string of the molecule is CCN(CC)C(=O)C(=O)OCC(F)=C(F)F. The van der Waals surface area contributed by atoms with E-state index >= 15 is 0 Å². The summed E-state index contributed by atoms with van der Waals surface area (Å²) < 4.78 is 39.5. The van der Waals surface area contributed by atoms with E-state index in [0.29, 0.717) is 0 Å². The van der Waals surface area contributed by atoms with E-state index in [1.807, 2.05) is 0 Å². The maximum absolute atomic E-state index is 12.2. The van der Waals surface area contributed by atoms with Crippen molar-refractivity contribution in [1.82, 2.24) is 4.90 Å². The topological polar surface area (TPSA) is 46.6 Å². The van der Waals surface area contributed by atoms with Gasteiger partial charge in [0.15, 0.2) is 0 Å². The van der Waals surface area contributed by atoms with Gasteiger partial charge in [0.1, 0.15) is 6.61 Å². The Balaban J connectivity index is 4.27. The number of nitrogens with zero attached hydrogens (tertiary/aromatic N) is 1. The fourth-order valence-corrected chi connectivity index (χ4v) is 0.885. The van der Waals surface area contributed by atoms with E-state index < -0.39 is 30.4 Å². The number of esters is 1. The van der Waals surface area contributed by atoms with Crippen molar-refractivity contribution in [2.75, 3.05) is 19.7 Å². The smallest absolute Gasteiger partial charge is 0.397 e. The van der Waals surface area contributed by atoms with Crippen LogP contribution in [0.1, 0.15) is 13.8 Å². The summed E-state index contributed by atoms with van der Waals surface area (Å²) in [5.74, 6) is -4.18. The summed E-state index contributed by atoms with van der Waals surface area (Å²) in [5, 5.41) is 0. The van der Waals surface area contributed by atoms with Gasteiger partial charge in [-0.2, -0.15) is 8.78 Å². The molecule has 92 valence electrons. The maximum atomic E-state index is 12.2. The first-order valence-electron chi connectivity index (χ1n) is 4.59. The molecule has 0 aromatic rings. The van der Waals surface area contributed by atoms with Crippen LogP contribution in [0.4, 0.5) is 13.2 Å². The summed E-state index contributed by atoms with van der Waals surface area (Å²) in [5.41, 5.74) is 0. The van der Waals surface area contributed by atoms with Gasteiger partial charge in [0.25, 0.3) is 0 Å². The van der Waals surface area contributed by atoms with Crippen molar-refractivity contribution in [2.24, 2.45) is 0 Å². The van der Waals surface area contributed by atoms with Gasteiger partial charge in [0.05, 0.1) is 0 Å². The third-order valence-corrected chi connectivity index (χ3v) is 1.76. The zero-order chi connectivity index (χ0) is 12.7. The first kappa shape index (κ1) is 14.5. The predicted molar refractivity (Wildman–Crippen MR) is 49.2 cm³/mol. The van der Waals surface area contributed by atoms with Gasteiger partial charge in [-0.05, 0) is 13.8 Å². The number of hydrogen-bond donors (Lipinski definition) is 0. The Kier molecular flexibility index (Phi) is 6.21.